The summed E-state index contributed by atoms with van der Waals surface area (Å²) in [6.45, 7) is 0. The number of H-pyrrole nitrogens is 1. The van der Waals surface area contributed by atoms with Crippen LogP contribution < -0.4 is 0 Å². The molecule has 1 rings (SSSR count). The second kappa shape index (κ2) is 0.931. The summed E-state index contributed by atoms with van der Waals surface area (Å²) < 4.78 is 6.79. The fourth-order valence-electron chi connectivity index (χ4n) is 0.248. The van der Waals surface area contributed by atoms with Crippen LogP contribution >= 0.6 is 0 Å². The van der Waals surface area contributed by atoms with Gasteiger partial charge in [0.2, 0.25) is 0 Å². The molecule has 1 aromatic heterocycles. The summed E-state index contributed by atoms with van der Waals surface area (Å²) in [5, 5.41) is 0. The van der Waals surface area contributed by atoms with Crippen LogP contribution in [0.1, 0.15) is 0 Å². The lowest BCUT2D eigenvalue weighted by molar-refractivity contribution is 1.42. The van der Waals surface area contributed by atoms with Gasteiger partial charge in [-0.1, -0.05) is 0 Å². The maximum Gasteiger partial charge on any atom is 0.165 e. The van der Waals surface area contributed by atoms with E-state index in [0.717, 1.165) is 0 Å². The van der Waals surface area contributed by atoms with E-state index in [2.05, 4.69) is 0 Å². The lowest BCUT2D eigenvalue weighted by atomic mass is 10.7. The Morgan fingerprint density at radius 3 is 2.20 bits per heavy atom. The Balaban J connectivity index is 3.05. The molecule has 1 aromatic rings. The summed E-state index contributed by atoms with van der Waals surface area (Å²) in [5.41, 5.74) is 0. The Morgan fingerprint density at radius 2 is 2.00 bits per heavy atom. The van der Waals surface area contributed by atoms with E-state index in [9.17, 15) is 0 Å². The molecule has 0 saturated carbocycles. The third-order valence-electron chi connectivity index (χ3n) is 0.455. The number of rotatable bonds is 0. The quantitative estimate of drug-likeness (QED) is 0.467. The number of nitrogens with one attached hydrogen (secondary N) is 1. The molecule has 0 spiro atoms. The van der Waals surface area contributed by atoms with E-state index in [1.807, 2.05) is 12.1 Å². The third kappa shape index (κ3) is 0.293. The van der Waals surface area contributed by atoms with Crippen LogP contribution in [0, 0.1) is 0 Å². The minimum absolute atomic E-state index is 1.25. The second-order valence-corrected chi connectivity index (χ2v) is 0.832. The van der Waals surface area contributed by atoms with E-state index in [0.29, 0.717) is 0 Å². The van der Waals surface area contributed by atoms with Gasteiger partial charge in [0, 0.05) is 12.4 Å². The van der Waals surface area contributed by atoms with Gasteiger partial charge in [-0.3, -0.25) is 0 Å². The van der Waals surface area contributed by atoms with Crippen LogP contribution in [0.4, 0.5) is 0 Å². The van der Waals surface area contributed by atoms with Crippen molar-refractivity contribution in [2.24, 2.45) is 0 Å². The molecule has 1 heteroatoms. The minimum Gasteiger partial charge on any atom is -0.368 e. The van der Waals surface area contributed by atoms with Gasteiger partial charge in [-0.2, -0.15) is 0 Å². The van der Waals surface area contributed by atoms with Crippen LogP contribution in [0.2, 0.25) is 1.41 Å². The van der Waals surface area contributed by atoms with E-state index < -0.39 is 0 Å². The van der Waals surface area contributed by atoms with E-state index in [1.54, 1.807) is 12.4 Å². The van der Waals surface area contributed by atoms with E-state index >= 15 is 0 Å². The predicted molar refractivity (Wildman–Crippen MR) is 20.8 cm³/mol. The molecule has 0 fully saturated rings. The Morgan fingerprint density at radius 1 is 1.40 bits per heavy atom. The standard InChI is InChI=1S/C4H5N/c1-2-4-5-3-1/h1-5H/i/hD. The maximum atomic E-state index is 6.79. The summed E-state index contributed by atoms with van der Waals surface area (Å²) in [5.74, 6) is 0. The smallest absolute Gasteiger partial charge is 0.165 e. The SMILES string of the molecule is [2H]n1cccc1. The molecular formula is C4H5N. The fourth-order valence-corrected chi connectivity index (χ4v) is 0.248. The first-order chi connectivity index (χ1) is 2.89. The van der Waals surface area contributed by atoms with Gasteiger partial charge in [-0.05, 0) is 12.1 Å². The molecule has 0 aliphatic heterocycles. The second-order valence-electron chi connectivity index (χ2n) is 0.832. The molecule has 0 radical (unpaired) electrons. The molecule has 0 bridgehead atoms. The van der Waals surface area contributed by atoms with Crippen LogP contribution in [-0.4, -0.2) is 4.98 Å². The number of aromatic nitrogens is 1. The highest BCUT2D eigenvalue weighted by molar-refractivity contribution is 4.84. The van der Waals surface area contributed by atoms with Gasteiger partial charge < -0.3 is 4.98 Å². The van der Waals surface area contributed by atoms with Gasteiger partial charge in [0.15, 0.2) is 1.41 Å². The third-order valence-corrected chi connectivity index (χ3v) is 0.455. The summed E-state index contributed by atoms with van der Waals surface area (Å²) in [7, 11) is 0. The van der Waals surface area contributed by atoms with Crippen molar-refractivity contribution in [2.45, 2.75) is 0 Å². The predicted octanol–water partition coefficient (Wildman–Crippen LogP) is 1.01. The zero-order valence-electron chi connectivity index (χ0n) is 3.76. The highest BCUT2D eigenvalue weighted by Crippen LogP contribution is 1.72. The van der Waals surface area contributed by atoms with Crippen molar-refractivity contribution in [3.8, 4) is 0 Å². The first kappa shape index (κ1) is 1.65. The van der Waals surface area contributed by atoms with Crippen molar-refractivity contribution < 1.29 is 1.41 Å². The molecule has 0 amide bonds. The van der Waals surface area contributed by atoms with Crippen molar-refractivity contribution >= 4 is 0 Å². The van der Waals surface area contributed by atoms with Gasteiger partial charge in [0.25, 0.3) is 0 Å². The van der Waals surface area contributed by atoms with Crippen molar-refractivity contribution in [1.82, 2.24) is 4.98 Å². The average Bonchev–Trinajstić information content (AvgIpc) is 1.86. The maximum absolute atomic E-state index is 6.79. The van der Waals surface area contributed by atoms with Gasteiger partial charge in [0.1, 0.15) is 0 Å². The number of hydrogen-bond acceptors (Lipinski definition) is 0. The molecular weight excluding hydrogens is 62.1 g/mol. The van der Waals surface area contributed by atoms with E-state index in [4.69, 9.17) is 1.41 Å². The Hall–Kier alpha value is -0.720. The lowest BCUT2D eigenvalue weighted by Gasteiger charge is -1.49. The first-order valence-electron chi connectivity index (χ1n) is 1.96. The van der Waals surface area contributed by atoms with E-state index in [1.165, 1.54) is 4.98 Å². The summed E-state index contributed by atoms with van der Waals surface area (Å²) >= 11 is 0. The van der Waals surface area contributed by atoms with Gasteiger partial charge in [0.05, 0.1) is 0 Å². The molecule has 0 aliphatic rings. The first-order valence-corrected chi connectivity index (χ1v) is 1.52. The lowest BCUT2D eigenvalue weighted by Crippen LogP contribution is -1.38. The van der Waals surface area contributed by atoms with Gasteiger partial charge >= 0.3 is 0 Å². The monoisotopic (exact) mass is 68.0 g/mol. The fraction of sp³-hybridized carbons (Fsp3) is 0. The van der Waals surface area contributed by atoms with Crippen molar-refractivity contribution in [2.75, 3.05) is 0 Å². The molecule has 1 nitrogen and oxygen atoms in total. The molecule has 1 heterocycles. The van der Waals surface area contributed by atoms with Crippen molar-refractivity contribution in [1.29, 1.82) is 0 Å². The molecule has 0 saturated heterocycles. The number of hydrogen-bond donors (Lipinski definition) is 1. The highest BCUT2D eigenvalue weighted by atomic mass is 14.6. The van der Waals surface area contributed by atoms with E-state index in [-0.39, 0.29) is 0 Å². The number of aromatic amines is 1. The average molecular weight is 68.1 g/mol. The van der Waals surface area contributed by atoms with Crippen LogP contribution in [-0.2, 0) is 0 Å². The minimum atomic E-state index is 1.25. The largest absolute Gasteiger partial charge is 0.368 e. The zero-order valence-corrected chi connectivity index (χ0v) is 2.76. The van der Waals surface area contributed by atoms with Gasteiger partial charge in [-0.25, -0.2) is 0 Å². The normalized spacial score (nSPS) is 10.8. The van der Waals surface area contributed by atoms with Crippen LogP contribution in [0.5, 0.6) is 0 Å². The Labute approximate surface area is 32.1 Å². The summed E-state index contributed by atoms with van der Waals surface area (Å²) in [4.78, 5) is 1.25. The Kier molecular flexibility index (Phi) is 0.307. The summed E-state index contributed by atoms with van der Waals surface area (Å²) in [6.07, 6.45) is 3.33. The molecule has 26 valence electrons. The van der Waals surface area contributed by atoms with Crippen molar-refractivity contribution in [3.05, 3.63) is 24.5 Å². The molecule has 5 heavy (non-hydrogen) atoms. The molecule has 0 unspecified atom stereocenters. The topological polar surface area (TPSA) is 15.8 Å². The van der Waals surface area contributed by atoms with Gasteiger partial charge in [-0.15, -0.1) is 0 Å². The molecule has 0 aliphatic carbocycles. The molecule has 0 aromatic carbocycles. The van der Waals surface area contributed by atoms with Crippen molar-refractivity contribution in [3.63, 3.8) is 0 Å². The van der Waals surface area contributed by atoms with Crippen LogP contribution in [0.3, 0.4) is 0 Å². The zero-order chi connectivity index (χ0) is 4.41. The molecule has 0 atom stereocenters. The highest BCUT2D eigenvalue weighted by Gasteiger charge is 1.55. The molecule has 1 N–H and O–H groups in total. The Bertz CT molecular complexity index is 111. The van der Waals surface area contributed by atoms with Crippen LogP contribution in [0.15, 0.2) is 24.5 Å². The summed E-state index contributed by atoms with van der Waals surface area (Å²) in [6, 6.07) is 3.62. The van der Waals surface area contributed by atoms with Crippen LogP contribution in [0.25, 0.3) is 0 Å².